The first-order valence-electron chi connectivity index (χ1n) is 6.65. The molecule has 0 aliphatic heterocycles. The van der Waals surface area contributed by atoms with E-state index in [2.05, 4.69) is 5.32 Å². The number of aliphatic carboxylic acids is 1. The second-order valence-electron chi connectivity index (χ2n) is 5.74. The summed E-state index contributed by atoms with van der Waals surface area (Å²) in [5, 5.41) is 11.6. The van der Waals surface area contributed by atoms with Crippen LogP contribution in [-0.2, 0) is 9.53 Å². The van der Waals surface area contributed by atoms with Crippen molar-refractivity contribution >= 4 is 18.1 Å². The number of rotatable bonds is 4. The number of carboxylic acid groups (broad SMARTS) is 1. The molecule has 0 aromatic heterocycles. The molecule has 114 valence electrons. The van der Waals surface area contributed by atoms with Crippen LogP contribution in [0.15, 0.2) is 29.8 Å². The van der Waals surface area contributed by atoms with Crippen LogP contribution in [-0.4, -0.2) is 29.3 Å². The van der Waals surface area contributed by atoms with Crippen LogP contribution in [0, 0.1) is 6.92 Å². The molecule has 5 heteroatoms. The van der Waals surface area contributed by atoms with E-state index in [0.29, 0.717) is 0 Å². The zero-order valence-electron chi connectivity index (χ0n) is 12.8. The van der Waals surface area contributed by atoms with Crippen LogP contribution in [0.1, 0.15) is 31.9 Å². The van der Waals surface area contributed by atoms with Crippen LogP contribution in [0.25, 0.3) is 6.08 Å². The molecule has 0 saturated carbocycles. The normalized spacial score (nSPS) is 11.9. The molecular weight excluding hydrogens is 270 g/mol. The lowest BCUT2D eigenvalue weighted by Crippen LogP contribution is -2.34. The summed E-state index contributed by atoms with van der Waals surface area (Å²) in [6.45, 7) is 7.06. The molecule has 0 bridgehead atoms. The molecule has 0 aliphatic rings. The van der Waals surface area contributed by atoms with E-state index in [9.17, 15) is 14.7 Å². The lowest BCUT2D eigenvalue weighted by atomic mass is 10.1. The predicted octanol–water partition coefficient (Wildman–Crippen LogP) is 2.99. The summed E-state index contributed by atoms with van der Waals surface area (Å²) in [4.78, 5) is 22.8. The highest BCUT2D eigenvalue weighted by atomic mass is 16.6. The summed E-state index contributed by atoms with van der Waals surface area (Å²) in [6.07, 6.45) is 0.895. The van der Waals surface area contributed by atoms with Crippen molar-refractivity contribution in [1.29, 1.82) is 0 Å². The molecule has 0 atom stereocenters. The number of aryl methyl sites for hydroxylation is 1. The van der Waals surface area contributed by atoms with E-state index < -0.39 is 17.7 Å². The minimum absolute atomic E-state index is 0.0893. The van der Waals surface area contributed by atoms with Crippen LogP contribution in [0.2, 0.25) is 0 Å². The molecule has 0 unspecified atom stereocenters. The molecule has 0 fully saturated rings. The Hall–Kier alpha value is -2.30. The summed E-state index contributed by atoms with van der Waals surface area (Å²) >= 11 is 0. The number of alkyl carbamates (subject to hydrolysis) is 1. The van der Waals surface area contributed by atoms with Crippen LogP contribution in [0.4, 0.5) is 4.79 Å². The van der Waals surface area contributed by atoms with Gasteiger partial charge in [-0.1, -0.05) is 29.8 Å². The van der Waals surface area contributed by atoms with E-state index in [1.165, 1.54) is 6.08 Å². The number of amides is 1. The number of carboxylic acids is 1. The molecule has 0 heterocycles. The van der Waals surface area contributed by atoms with Gasteiger partial charge >= 0.3 is 12.1 Å². The van der Waals surface area contributed by atoms with Gasteiger partial charge in [-0.3, -0.25) is 0 Å². The van der Waals surface area contributed by atoms with Crippen LogP contribution in [0.3, 0.4) is 0 Å². The van der Waals surface area contributed by atoms with Gasteiger partial charge in [0.1, 0.15) is 5.60 Å². The fourth-order valence-corrected chi connectivity index (χ4v) is 1.63. The maximum Gasteiger partial charge on any atom is 0.407 e. The average molecular weight is 291 g/mol. The number of carbonyl (C=O) groups is 2. The fourth-order valence-electron chi connectivity index (χ4n) is 1.63. The summed E-state index contributed by atoms with van der Waals surface area (Å²) < 4.78 is 5.07. The Bertz CT molecular complexity index is 556. The van der Waals surface area contributed by atoms with Crippen molar-refractivity contribution in [3.63, 3.8) is 0 Å². The molecule has 1 rings (SSSR count). The van der Waals surface area contributed by atoms with E-state index in [4.69, 9.17) is 4.74 Å². The van der Waals surface area contributed by atoms with Gasteiger partial charge in [0.2, 0.25) is 0 Å². The molecule has 1 amide bonds. The Kier molecular flexibility index (Phi) is 5.52. The maximum atomic E-state index is 11.5. The highest BCUT2D eigenvalue weighted by Crippen LogP contribution is 2.10. The van der Waals surface area contributed by atoms with Crippen molar-refractivity contribution in [1.82, 2.24) is 5.32 Å². The topological polar surface area (TPSA) is 75.6 Å². The molecule has 1 aromatic carbocycles. The zero-order chi connectivity index (χ0) is 16.0. The molecule has 5 nitrogen and oxygen atoms in total. The monoisotopic (exact) mass is 291 g/mol. The van der Waals surface area contributed by atoms with Gasteiger partial charge in [0.05, 0.1) is 12.1 Å². The van der Waals surface area contributed by atoms with E-state index >= 15 is 0 Å². The van der Waals surface area contributed by atoms with Gasteiger partial charge in [0.25, 0.3) is 0 Å². The first-order valence-corrected chi connectivity index (χ1v) is 6.65. The van der Waals surface area contributed by atoms with Gasteiger partial charge < -0.3 is 15.2 Å². The minimum atomic E-state index is -1.08. The highest BCUT2D eigenvalue weighted by Gasteiger charge is 2.17. The van der Waals surface area contributed by atoms with Crippen molar-refractivity contribution in [3.05, 3.63) is 41.0 Å². The molecule has 21 heavy (non-hydrogen) atoms. The van der Waals surface area contributed by atoms with E-state index in [0.717, 1.165) is 11.1 Å². The van der Waals surface area contributed by atoms with E-state index in [-0.39, 0.29) is 12.1 Å². The second kappa shape index (κ2) is 6.92. The SMILES string of the molecule is Cc1cccc(C=C(CNC(=O)OC(C)(C)C)C(=O)O)c1. The average Bonchev–Trinajstić information content (AvgIpc) is 2.32. The molecule has 2 N–H and O–H groups in total. The number of ether oxygens (including phenoxy) is 1. The maximum absolute atomic E-state index is 11.5. The summed E-state index contributed by atoms with van der Waals surface area (Å²) in [7, 11) is 0. The van der Waals surface area contributed by atoms with Crippen molar-refractivity contribution < 1.29 is 19.4 Å². The molecule has 0 radical (unpaired) electrons. The molecular formula is C16H21NO4. The second-order valence-corrected chi connectivity index (χ2v) is 5.74. The summed E-state index contributed by atoms with van der Waals surface area (Å²) in [5.41, 5.74) is 1.28. The third-order valence-electron chi connectivity index (χ3n) is 2.48. The van der Waals surface area contributed by atoms with Crippen LogP contribution < -0.4 is 5.32 Å². The van der Waals surface area contributed by atoms with Crippen molar-refractivity contribution in [2.24, 2.45) is 0 Å². The van der Waals surface area contributed by atoms with Gasteiger partial charge in [-0.2, -0.15) is 0 Å². The van der Waals surface area contributed by atoms with Gasteiger partial charge in [0.15, 0.2) is 0 Å². The predicted molar refractivity (Wildman–Crippen MR) is 81.0 cm³/mol. The third-order valence-corrected chi connectivity index (χ3v) is 2.48. The number of carbonyl (C=O) groups excluding carboxylic acids is 1. The Balaban J connectivity index is 2.75. The number of nitrogens with one attached hydrogen (secondary N) is 1. The van der Waals surface area contributed by atoms with Gasteiger partial charge in [-0.05, 0) is 39.3 Å². The van der Waals surface area contributed by atoms with Crippen LogP contribution in [0.5, 0.6) is 0 Å². The molecule has 0 spiro atoms. The number of benzene rings is 1. The van der Waals surface area contributed by atoms with Crippen molar-refractivity contribution in [2.75, 3.05) is 6.54 Å². The first-order chi connectivity index (χ1) is 9.67. The van der Waals surface area contributed by atoms with Crippen molar-refractivity contribution in [2.45, 2.75) is 33.3 Å². The Labute approximate surface area is 124 Å². The lowest BCUT2D eigenvalue weighted by molar-refractivity contribution is -0.132. The minimum Gasteiger partial charge on any atom is -0.478 e. The number of hydrogen-bond acceptors (Lipinski definition) is 3. The Morgan fingerprint density at radius 2 is 2.00 bits per heavy atom. The smallest absolute Gasteiger partial charge is 0.407 e. The van der Waals surface area contributed by atoms with Gasteiger partial charge in [-0.25, -0.2) is 9.59 Å². The highest BCUT2D eigenvalue weighted by molar-refractivity contribution is 5.93. The first kappa shape index (κ1) is 16.8. The standard InChI is InChI=1S/C16H21NO4/c1-11-6-5-7-12(8-11)9-13(14(18)19)10-17-15(20)21-16(2,3)4/h5-9H,10H2,1-4H3,(H,17,20)(H,18,19). The molecule has 1 aromatic rings. The van der Waals surface area contributed by atoms with Gasteiger partial charge in [0, 0.05) is 0 Å². The summed E-state index contributed by atoms with van der Waals surface area (Å²) in [5.74, 6) is -1.08. The van der Waals surface area contributed by atoms with E-state index in [1.54, 1.807) is 20.8 Å². The van der Waals surface area contributed by atoms with Crippen LogP contribution >= 0.6 is 0 Å². The quantitative estimate of drug-likeness (QED) is 0.836. The third kappa shape index (κ3) is 6.61. The fraction of sp³-hybridized carbons (Fsp3) is 0.375. The largest absolute Gasteiger partial charge is 0.478 e. The molecule has 0 saturated heterocycles. The molecule has 0 aliphatic carbocycles. The lowest BCUT2D eigenvalue weighted by Gasteiger charge is -2.19. The van der Waals surface area contributed by atoms with Crippen molar-refractivity contribution in [3.8, 4) is 0 Å². The zero-order valence-corrected chi connectivity index (χ0v) is 12.8. The van der Waals surface area contributed by atoms with Gasteiger partial charge in [-0.15, -0.1) is 0 Å². The van der Waals surface area contributed by atoms with E-state index in [1.807, 2.05) is 31.2 Å². The number of hydrogen-bond donors (Lipinski definition) is 2. The Morgan fingerprint density at radius 1 is 1.33 bits per heavy atom. The summed E-state index contributed by atoms with van der Waals surface area (Å²) in [6, 6.07) is 7.46. The Morgan fingerprint density at radius 3 is 2.52 bits per heavy atom.